The maximum Gasteiger partial charge on any atom is 0.335 e. The van der Waals surface area contributed by atoms with Crippen LogP contribution in [0.1, 0.15) is 226 Å². The Kier molecular flexibility index (Phi) is 50.5. The number of aliphatic carboxylic acids is 1. The lowest BCUT2D eigenvalue weighted by Crippen LogP contribution is -2.61. The van der Waals surface area contributed by atoms with Crippen molar-refractivity contribution in [1.82, 2.24) is 0 Å². The second-order valence-electron chi connectivity index (χ2n) is 20.6. The number of aliphatic hydroxyl groups is 2. The number of rotatable bonds is 51. The fourth-order valence-corrected chi connectivity index (χ4v) is 8.47. The van der Waals surface area contributed by atoms with Crippen molar-refractivity contribution in [3.63, 3.8) is 0 Å². The molecular formula is C69H108O12. The molecule has 0 spiro atoms. The van der Waals surface area contributed by atoms with Gasteiger partial charge in [-0.15, -0.1) is 0 Å². The summed E-state index contributed by atoms with van der Waals surface area (Å²) in [7, 11) is 0. The van der Waals surface area contributed by atoms with Crippen molar-refractivity contribution in [1.29, 1.82) is 0 Å². The number of carboxylic acids is 1. The minimum absolute atomic E-state index is 0.00804. The van der Waals surface area contributed by atoms with Gasteiger partial charge in [0.15, 0.2) is 24.6 Å². The zero-order valence-corrected chi connectivity index (χ0v) is 50.2. The topological polar surface area (TPSA) is 175 Å². The van der Waals surface area contributed by atoms with Crippen molar-refractivity contribution < 1.29 is 58.2 Å². The Morgan fingerprint density at radius 2 is 0.778 bits per heavy atom. The predicted molar refractivity (Wildman–Crippen MR) is 330 cm³/mol. The Morgan fingerprint density at radius 3 is 1.22 bits per heavy atom. The standard InChI is InChI=1S/C69H108O12/c1-4-7-10-13-16-19-22-25-28-30-31-33-36-39-42-45-48-51-54-57-63(72)80-67-65(74)64(73)66(68(75)76)81-69(67)78-59-60(79-62(71)56-53-50-47-44-41-38-34-27-24-21-18-15-12-9-6-3)58-77-61(70)55-52-49-46-43-40-37-35-32-29-26-23-20-17-14-11-8-5-2/h7,9-10,12,16-21,25-29,31,33-34,39,41-42,44,60,64-67,69,73-74H,4-6,8,11,13-15,22-24,30,32,35-38,40,43,45-59H2,1-3H3,(H,75,76)/b10-7-,12-9-,19-16-,20-17-,21-18-,28-25-,29-26-,33-31-,34-27-,42-39-,44-41-. The summed E-state index contributed by atoms with van der Waals surface area (Å²) >= 11 is 0. The largest absolute Gasteiger partial charge is 0.479 e. The van der Waals surface area contributed by atoms with Gasteiger partial charge >= 0.3 is 23.9 Å². The molecule has 12 heteroatoms. The molecule has 0 saturated carbocycles. The fourth-order valence-electron chi connectivity index (χ4n) is 8.47. The summed E-state index contributed by atoms with van der Waals surface area (Å²) in [5.41, 5.74) is 0. The Bertz CT molecular complexity index is 1920. The van der Waals surface area contributed by atoms with E-state index in [1.807, 2.05) is 0 Å². The number of unbranched alkanes of at least 4 members (excludes halogenated alkanes) is 15. The molecule has 6 unspecified atom stereocenters. The van der Waals surface area contributed by atoms with Crippen LogP contribution >= 0.6 is 0 Å². The van der Waals surface area contributed by atoms with Gasteiger partial charge in [0.05, 0.1) is 6.61 Å². The summed E-state index contributed by atoms with van der Waals surface area (Å²) in [4.78, 5) is 51.3. The summed E-state index contributed by atoms with van der Waals surface area (Å²) < 4.78 is 28.4. The van der Waals surface area contributed by atoms with E-state index in [4.69, 9.17) is 23.7 Å². The summed E-state index contributed by atoms with van der Waals surface area (Å²) in [6.45, 7) is 5.68. The molecule has 0 aromatic carbocycles. The highest BCUT2D eigenvalue weighted by Crippen LogP contribution is 2.26. The molecule has 0 aromatic rings. The lowest BCUT2D eigenvalue weighted by molar-refractivity contribution is -0.301. The molecule has 1 fully saturated rings. The molecule has 456 valence electrons. The number of esters is 3. The number of allylic oxidation sites excluding steroid dienone is 22. The van der Waals surface area contributed by atoms with Crippen LogP contribution in [0.2, 0.25) is 0 Å². The van der Waals surface area contributed by atoms with Crippen LogP contribution in [0.25, 0.3) is 0 Å². The van der Waals surface area contributed by atoms with Gasteiger partial charge in [-0.05, 0) is 135 Å². The zero-order chi connectivity index (χ0) is 58.9. The predicted octanol–water partition coefficient (Wildman–Crippen LogP) is 16.6. The summed E-state index contributed by atoms with van der Waals surface area (Å²) in [6.07, 6.45) is 65.5. The lowest BCUT2D eigenvalue weighted by atomic mass is 9.98. The van der Waals surface area contributed by atoms with E-state index >= 15 is 0 Å². The first kappa shape index (κ1) is 73.9. The Labute approximate surface area is 490 Å². The minimum Gasteiger partial charge on any atom is -0.479 e. The normalized spacial score (nSPS) is 18.7. The minimum atomic E-state index is -1.93. The molecule has 12 nitrogen and oxygen atoms in total. The van der Waals surface area contributed by atoms with Crippen LogP contribution in [0.4, 0.5) is 0 Å². The molecule has 6 atom stereocenters. The van der Waals surface area contributed by atoms with Crippen molar-refractivity contribution in [2.45, 2.75) is 263 Å². The molecule has 81 heavy (non-hydrogen) atoms. The summed E-state index contributed by atoms with van der Waals surface area (Å²) in [5.74, 6) is -3.25. The molecule has 1 saturated heterocycles. The van der Waals surface area contributed by atoms with E-state index in [0.717, 1.165) is 128 Å². The second-order valence-corrected chi connectivity index (χ2v) is 20.6. The van der Waals surface area contributed by atoms with Gasteiger partial charge in [-0.1, -0.05) is 206 Å². The Balaban J connectivity index is 2.73. The van der Waals surface area contributed by atoms with E-state index in [0.29, 0.717) is 19.3 Å². The Hall–Kier alpha value is -5.14. The van der Waals surface area contributed by atoms with Crippen LogP contribution in [0.15, 0.2) is 134 Å². The fraction of sp³-hybridized carbons (Fsp3) is 0.623. The van der Waals surface area contributed by atoms with Crippen LogP contribution in [0.3, 0.4) is 0 Å². The highest BCUT2D eigenvalue weighted by Gasteiger charge is 2.50. The molecule has 0 bridgehead atoms. The van der Waals surface area contributed by atoms with Gasteiger partial charge in [-0.25, -0.2) is 4.79 Å². The highest BCUT2D eigenvalue weighted by atomic mass is 16.7. The maximum atomic E-state index is 13.2. The van der Waals surface area contributed by atoms with E-state index in [1.54, 1.807) is 0 Å². The number of ether oxygens (including phenoxy) is 5. The van der Waals surface area contributed by atoms with E-state index in [9.17, 15) is 34.5 Å². The number of carbonyl (C=O) groups is 4. The van der Waals surface area contributed by atoms with Gasteiger partial charge in [0.1, 0.15) is 18.8 Å². The Morgan fingerprint density at radius 1 is 0.420 bits per heavy atom. The number of carbonyl (C=O) groups excluding carboxylic acids is 3. The van der Waals surface area contributed by atoms with Crippen molar-refractivity contribution in [2.75, 3.05) is 13.2 Å². The summed E-state index contributed by atoms with van der Waals surface area (Å²) in [6, 6.07) is 0. The second kappa shape index (κ2) is 55.4. The average Bonchev–Trinajstić information content (AvgIpc) is 3.54. The highest BCUT2D eigenvalue weighted by molar-refractivity contribution is 5.74. The third-order valence-electron chi connectivity index (χ3n) is 13.2. The van der Waals surface area contributed by atoms with Gasteiger partial charge in [-0.2, -0.15) is 0 Å². The van der Waals surface area contributed by atoms with E-state index in [1.165, 1.54) is 38.5 Å². The van der Waals surface area contributed by atoms with Crippen LogP contribution in [0, 0.1) is 0 Å². The molecule has 0 radical (unpaired) electrons. The first-order chi connectivity index (χ1) is 39.6. The monoisotopic (exact) mass is 1130 g/mol. The lowest BCUT2D eigenvalue weighted by Gasteiger charge is -2.40. The van der Waals surface area contributed by atoms with Crippen molar-refractivity contribution in [3.05, 3.63) is 134 Å². The number of aliphatic hydroxyl groups excluding tert-OH is 2. The smallest absolute Gasteiger partial charge is 0.335 e. The van der Waals surface area contributed by atoms with E-state index in [-0.39, 0.29) is 25.9 Å². The molecular weight excluding hydrogens is 1020 g/mol. The third kappa shape index (κ3) is 45.1. The van der Waals surface area contributed by atoms with Gasteiger partial charge in [0.2, 0.25) is 0 Å². The average molecular weight is 1130 g/mol. The molecule has 1 rings (SSSR count). The molecule has 1 heterocycles. The first-order valence-corrected chi connectivity index (χ1v) is 31.2. The number of hydrogen-bond acceptors (Lipinski definition) is 11. The van der Waals surface area contributed by atoms with Crippen LogP contribution in [-0.2, 0) is 42.9 Å². The van der Waals surface area contributed by atoms with Gasteiger partial charge < -0.3 is 39.0 Å². The SMILES string of the molecule is CC/C=C\C/C=C\C/C=C\C/C=C\C/C=C\CCCCCC(=O)OC1C(OCC(COC(=O)CCCCCCCCC/C=C\C/C=C\CCCCC)OC(=O)CCCC/C=C\C/C=C\C/C=C\C/C=C\CC)OC(C(=O)O)C(O)C1O. The molecule has 1 aliphatic rings. The number of carboxylic acid groups (broad SMARTS) is 1. The van der Waals surface area contributed by atoms with Gasteiger partial charge in [-0.3, -0.25) is 14.4 Å². The van der Waals surface area contributed by atoms with Crippen LogP contribution < -0.4 is 0 Å². The molecule has 0 aliphatic carbocycles. The summed E-state index contributed by atoms with van der Waals surface area (Å²) in [5, 5.41) is 31.6. The molecule has 3 N–H and O–H groups in total. The zero-order valence-electron chi connectivity index (χ0n) is 50.2. The van der Waals surface area contributed by atoms with Crippen molar-refractivity contribution in [2.24, 2.45) is 0 Å². The molecule has 1 aliphatic heterocycles. The van der Waals surface area contributed by atoms with Gasteiger partial charge in [0, 0.05) is 19.3 Å². The van der Waals surface area contributed by atoms with Crippen molar-refractivity contribution >= 4 is 23.9 Å². The van der Waals surface area contributed by atoms with E-state index in [2.05, 4.69) is 154 Å². The molecule has 0 amide bonds. The number of hydrogen-bond donors (Lipinski definition) is 3. The quantitative estimate of drug-likeness (QED) is 0.0228. The third-order valence-corrected chi connectivity index (χ3v) is 13.2. The first-order valence-electron chi connectivity index (χ1n) is 31.2. The van der Waals surface area contributed by atoms with Crippen LogP contribution in [0.5, 0.6) is 0 Å². The van der Waals surface area contributed by atoms with Crippen molar-refractivity contribution in [3.8, 4) is 0 Å². The van der Waals surface area contributed by atoms with Gasteiger partial charge in [0.25, 0.3) is 0 Å². The maximum absolute atomic E-state index is 13.2. The van der Waals surface area contributed by atoms with E-state index < -0.39 is 67.3 Å². The molecule has 0 aromatic heterocycles. The van der Waals surface area contributed by atoms with Crippen LogP contribution in [-0.4, -0.2) is 89.2 Å².